The topological polar surface area (TPSA) is 50.2 Å². The van der Waals surface area contributed by atoms with Crippen LogP contribution in [0, 0.1) is 0 Å². The molecule has 104 valence electrons. The van der Waals surface area contributed by atoms with Gasteiger partial charge in [-0.1, -0.05) is 45.9 Å². The van der Waals surface area contributed by atoms with Crippen molar-refractivity contribution in [2.75, 3.05) is 0 Å². The van der Waals surface area contributed by atoms with Crippen molar-refractivity contribution in [1.82, 2.24) is 4.98 Å². The summed E-state index contributed by atoms with van der Waals surface area (Å²) in [7, 11) is 0. The van der Waals surface area contributed by atoms with Crippen LogP contribution in [0.4, 0.5) is 0 Å². The van der Waals surface area contributed by atoms with E-state index in [1.807, 2.05) is 48.5 Å². The largest absolute Gasteiger partial charge is 0.478 e. The van der Waals surface area contributed by atoms with Crippen molar-refractivity contribution in [2.45, 2.75) is 9.92 Å². The lowest BCUT2D eigenvalue weighted by Crippen LogP contribution is -2.01. The number of aromatic carboxylic acids is 1. The molecule has 21 heavy (non-hydrogen) atoms. The Kier molecular flexibility index (Phi) is 3.94. The van der Waals surface area contributed by atoms with Gasteiger partial charge in [-0.25, -0.2) is 9.78 Å². The van der Waals surface area contributed by atoms with Gasteiger partial charge in [0.25, 0.3) is 0 Å². The van der Waals surface area contributed by atoms with Crippen LogP contribution >= 0.6 is 27.7 Å². The number of benzene rings is 2. The average molecular weight is 360 g/mol. The molecule has 3 aromatic rings. The lowest BCUT2D eigenvalue weighted by molar-refractivity contribution is 0.0692. The zero-order chi connectivity index (χ0) is 14.8. The molecule has 0 atom stereocenters. The Hall–Kier alpha value is -1.85. The maximum absolute atomic E-state index is 11.4. The maximum atomic E-state index is 11.4. The number of hydrogen-bond acceptors (Lipinski definition) is 3. The predicted molar refractivity (Wildman–Crippen MR) is 87.0 cm³/mol. The Labute approximate surface area is 134 Å². The van der Waals surface area contributed by atoms with Gasteiger partial charge >= 0.3 is 5.97 Å². The molecule has 1 aromatic heterocycles. The first-order chi connectivity index (χ1) is 10.1. The minimum Gasteiger partial charge on any atom is -0.478 e. The van der Waals surface area contributed by atoms with Crippen LogP contribution in [-0.2, 0) is 0 Å². The summed E-state index contributed by atoms with van der Waals surface area (Å²) in [6.07, 6.45) is 0. The number of pyridine rings is 1. The third-order valence-corrected chi connectivity index (χ3v) is 4.49. The molecule has 5 heteroatoms. The number of carbonyl (C=O) groups is 1. The van der Waals surface area contributed by atoms with Crippen molar-refractivity contribution in [3.8, 4) is 0 Å². The van der Waals surface area contributed by atoms with Crippen LogP contribution in [-0.4, -0.2) is 16.1 Å². The molecule has 0 radical (unpaired) electrons. The zero-order valence-corrected chi connectivity index (χ0v) is 13.2. The molecular weight excluding hydrogens is 350 g/mol. The SMILES string of the molecule is O=C(O)c1cc2ccccc2nc1Sc1ccc(Br)cc1. The molecule has 2 aromatic carbocycles. The van der Waals surface area contributed by atoms with Crippen molar-refractivity contribution < 1.29 is 9.90 Å². The maximum Gasteiger partial charge on any atom is 0.338 e. The van der Waals surface area contributed by atoms with Crippen LogP contribution in [0.25, 0.3) is 10.9 Å². The van der Waals surface area contributed by atoms with Gasteiger partial charge in [-0.15, -0.1) is 0 Å². The molecule has 1 N–H and O–H groups in total. The number of rotatable bonds is 3. The van der Waals surface area contributed by atoms with E-state index < -0.39 is 5.97 Å². The van der Waals surface area contributed by atoms with E-state index in [4.69, 9.17) is 0 Å². The summed E-state index contributed by atoms with van der Waals surface area (Å²) in [6.45, 7) is 0. The number of halogens is 1. The van der Waals surface area contributed by atoms with E-state index in [0.717, 1.165) is 20.3 Å². The lowest BCUT2D eigenvalue weighted by Gasteiger charge is -2.07. The second-order valence-electron chi connectivity index (χ2n) is 4.39. The summed E-state index contributed by atoms with van der Waals surface area (Å²) >= 11 is 4.74. The van der Waals surface area contributed by atoms with Gasteiger partial charge in [0.2, 0.25) is 0 Å². The van der Waals surface area contributed by atoms with Gasteiger partial charge in [0.05, 0.1) is 11.1 Å². The molecule has 0 aliphatic heterocycles. The van der Waals surface area contributed by atoms with Crippen molar-refractivity contribution in [3.63, 3.8) is 0 Å². The van der Waals surface area contributed by atoms with E-state index in [-0.39, 0.29) is 5.56 Å². The first kappa shape index (κ1) is 14.1. The summed E-state index contributed by atoms with van der Waals surface area (Å²) in [5, 5.41) is 10.7. The van der Waals surface area contributed by atoms with Crippen LogP contribution < -0.4 is 0 Å². The summed E-state index contributed by atoms with van der Waals surface area (Å²) in [5.74, 6) is -0.965. The quantitative estimate of drug-likeness (QED) is 0.726. The second kappa shape index (κ2) is 5.87. The highest BCUT2D eigenvalue weighted by molar-refractivity contribution is 9.10. The fraction of sp³-hybridized carbons (Fsp3) is 0. The van der Waals surface area contributed by atoms with Gasteiger partial charge in [0.15, 0.2) is 0 Å². The molecule has 0 saturated carbocycles. The van der Waals surface area contributed by atoms with Gasteiger partial charge in [-0.3, -0.25) is 0 Å². The van der Waals surface area contributed by atoms with Gasteiger partial charge < -0.3 is 5.11 Å². The predicted octanol–water partition coefficient (Wildman–Crippen LogP) is 4.85. The normalized spacial score (nSPS) is 10.7. The fourth-order valence-corrected chi connectivity index (χ4v) is 3.10. The molecule has 0 spiro atoms. The minimum atomic E-state index is -0.965. The highest BCUT2D eigenvalue weighted by atomic mass is 79.9. The number of fused-ring (bicyclic) bond motifs is 1. The molecule has 0 amide bonds. The van der Waals surface area contributed by atoms with E-state index in [1.54, 1.807) is 6.07 Å². The number of carboxylic acids is 1. The molecule has 1 heterocycles. The molecule has 3 nitrogen and oxygen atoms in total. The summed E-state index contributed by atoms with van der Waals surface area (Å²) in [4.78, 5) is 16.9. The number of hydrogen-bond donors (Lipinski definition) is 1. The van der Waals surface area contributed by atoms with Crippen molar-refractivity contribution in [2.24, 2.45) is 0 Å². The molecule has 0 aliphatic carbocycles. The van der Waals surface area contributed by atoms with E-state index in [2.05, 4.69) is 20.9 Å². The number of aromatic nitrogens is 1. The molecule has 0 aliphatic rings. The first-order valence-corrected chi connectivity index (χ1v) is 7.81. The molecule has 3 rings (SSSR count). The van der Waals surface area contributed by atoms with Crippen molar-refractivity contribution >= 4 is 44.6 Å². The van der Waals surface area contributed by atoms with Crippen LogP contribution in [0.2, 0.25) is 0 Å². The van der Waals surface area contributed by atoms with E-state index in [9.17, 15) is 9.90 Å². The Morgan fingerprint density at radius 2 is 1.81 bits per heavy atom. The van der Waals surface area contributed by atoms with Crippen LogP contribution in [0.1, 0.15) is 10.4 Å². The molecule has 0 bridgehead atoms. The highest BCUT2D eigenvalue weighted by Crippen LogP contribution is 2.31. The minimum absolute atomic E-state index is 0.224. The molecular formula is C16H10BrNO2S. The number of para-hydroxylation sites is 1. The van der Waals surface area contributed by atoms with E-state index in [1.165, 1.54) is 11.8 Å². The Morgan fingerprint density at radius 3 is 2.52 bits per heavy atom. The van der Waals surface area contributed by atoms with Crippen molar-refractivity contribution in [3.05, 3.63) is 64.6 Å². The highest BCUT2D eigenvalue weighted by Gasteiger charge is 2.14. The van der Waals surface area contributed by atoms with Crippen LogP contribution in [0.3, 0.4) is 0 Å². The van der Waals surface area contributed by atoms with Gasteiger partial charge in [0, 0.05) is 14.8 Å². The number of carboxylic acid groups (broad SMARTS) is 1. The molecule has 0 fully saturated rings. The van der Waals surface area contributed by atoms with E-state index >= 15 is 0 Å². The Balaban J connectivity index is 2.09. The first-order valence-electron chi connectivity index (χ1n) is 6.20. The summed E-state index contributed by atoms with van der Waals surface area (Å²) in [5.41, 5.74) is 1.02. The van der Waals surface area contributed by atoms with Gasteiger partial charge in [0.1, 0.15) is 5.03 Å². The molecule has 0 saturated heterocycles. The monoisotopic (exact) mass is 359 g/mol. The number of nitrogens with zero attached hydrogens (tertiary/aromatic N) is 1. The Morgan fingerprint density at radius 1 is 1.10 bits per heavy atom. The van der Waals surface area contributed by atoms with Crippen LogP contribution in [0.15, 0.2) is 69.0 Å². The molecule has 0 unspecified atom stereocenters. The third kappa shape index (κ3) is 3.09. The fourth-order valence-electron chi connectivity index (χ4n) is 1.94. The lowest BCUT2D eigenvalue weighted by atomic mass is 10.1. The average Bonchev–Trinajstić information content (AvgIpc) is 2.48. The standard InChI is InChI=1S/C16H10BrNO2S/c17-11-5-7-12(8-6-11)21-15-13(16(19)20)9-10-3-1-2-4-14(10)18-15/h1-9H,(H,19,20). The van der Waals surface area contributed by atoms with Gasteiger partial charge in [-0.05, 0) is 36.4 Å². The summed E-state index contributed by atoms with van der Waals surface area (Å²) in [6, 6.07) is 16.9. The summed E-state index contributed by atoms with van der Waals surface area (Å²) < 4.78 is 0.983. The second-order valence-corrected chi connectivity index (χ2v) is 6.37. The Bertz CT molecular complexity index is 818. The zero-order valence-electron chi connectivity index (χ0n) is 10.8. The van der Waals surface area contributed by atoms with E-state index in [0.29, 0.717) is 5.03 Å². The van der Waals surface area contributed by atoms with Gasteiger partial charge in [-0.2, -0.15) is 0 Å². The van der Waals surface area contributed by atoms with Crippen molar-refractivity contribution in [1.29, 1.82) is 0 Å². The van der Waals surface area contributed by atoms with Crippen LogP contribution in [0.5, 0.6) is 0 Å². The smallest absolute Gasteiger partial charge is 0.338 e. The third-order valence-electron chi connectivity index (χ3n) is 2.95.